The number of esters is 1. The van der Waals surface area contributed by atoms with Crippen molar-refractivity contribution in [2.24, 2.45) is 5.92 Å². The number of nitrogens with one attached hydrogen (secondary N) is 2. The van der Waals surface area contributed by atoms with Crippen LogP contribution in [0.5, 0.6) is 0 Å². The van der Waals surface area contributed by atoms with Crippen LogP contribution in [-0.2, 0) is 14.3 Å². The Hall–Kier alpha value is -2.37. The van der Waals surface area contributed by atoms with Gasteiger partial charge >= 0.3 is 5.97 Å². The summed E-state index contributed by atoms with van der Waals surface area (Å²) < 4.78 is 5.01. The average molecular weight is 346 g/mol. The third-order valence-electron chi connectivity index (χ3n) is 4.54. The van der Waals surface area contributed by atoms with Gasteiger partial charge in [-0.15, -0.1) is 0 Å². The molecule has 0 heterocycles. The molecule has 1 aliphatic carbocycles. The Balaban J connectivity index is 1.73. The van der Waals surface area contributed by atoms with Gasteiger partial charge in [0.05, 0.1) is 0 Å². The fraction of sp³-hybridized carbons (Fsp3) is 0.526. The Bertz CT molecular complexity index is 603. The van der Waals surface area contributed by atoms with Crippen LogP contribution in [0.3, 0.4) is 0 Å². The molecule has 0 saturated heterocycles. The smallest absolute Gasteiger partial charge is 0.328 e. The van der Waals surface area contributed by atoms with Crippen LogP contribution in [0.15, 0.2) is 30.3 Å². The van der Waals surface area contributed by atoms with Crippen molar-refractivity contribution < 1.29 is 19.1 Å². The fourth-order valence-corrected chi connectivity index (χ4v) is 2.97. The van der Waals surface area contributed by atoms with Crippen LogP contribution in [0.4, 0.5) is 0 Å². The summed E-state index contributed by atoms with van der Waals surface area (Å²) in [5, 5.41) is 5.49. The van der Waals surface area contributed by atoms with E-state index in [1.54, 1.807) is 30.3 Å². The Morgan fingerprint density at radius 2 is 1.84 bits per heavy atom. The first-order chi connectivity index (χ1) is 12.0. The minimum absolute atomic E-state index is 0.148. The van der Waals surface area contributed by atoms with Crippen LogP contribution in [0.25, 0.3) is 0 Å². The van der Waals surface area contributed by atoms with E-state index in [2.05, 4.69) is 17.6 Å². The molecule has 0 unspecified atom stereocenters. The van der Waals surface area contributed by atoms with Crippen LogP contribution >= 0.6 is 0 Å². The van der Waals surface area contributed by atoms with E-state index in [9.17, 15) is 14.4 Å². The molecule has 3 atom stereocenters. The average Bonchev–Trinajstić information content (AvgIpc) is 2.62. The van der Waals surface area contributed by atoms with Gasteiger partial charge in [0.15, 0.2) is 6.61 Å². The fourth-order valence-electron chi connectivity index (χ4n) is 2.97. The summed E-state index contributed by atoms with van der Waals surface area (Å²) in [6.45, 7) is 3.33. The molecule has 0 aromatic heterocycles. The molecule has 0 bridgehead atoms. The van der Waals surface area contributed by atoms with E-state index in [0.29, 0.717) is 11.5 Å². The van der Waals surface area contributed by atoms with Gasteiger partial charge in [-0.1, -0.05) is 38.0 Å². The summed E-state index contributed by atoms with van der Waals surface area (Å²) in [7, 11) is 0. The van der Waals surface area contributed by atoms with Gasteiger partial charge in [-0.25, -0.2) is 4.79 Å². The van der Waals surface area contributed by atoms with Gasteiger partial charge in [-0.05, 0) is 37.8 Å². The van der Waals surface area contributed by atoms with E-state index in [1.165, 1.54) is 13.3 Å². The van der Waals surface area contributed by atoms with E-state index in [0.717, 1.165) is 19.3 Å². The molecule has 0 radical (unpaired) electrons. The van der Waals surface area contributed by atoms with Crippen molar-refractivity contribution >= 4 is 17.8 Å². The highest BCUT2D eigenvalue weighted by Gasteiger charge is 2.24. The monoisotopic (exact) mass is 346 g/mol. The highest BCUT2D eigenvalue weighted by atomic mass is 16.5. The summed E-state index contributed by atoms with van der Waals surface area (Å²) >= 11 is 0. The quantitative estimate of drug-likeness (QED) is 0.772. The molecular weight excluding hydrogens is 320 g/mol. The lowest BCUT2D eigenvalue weighted by Gasteiger charge is -2.29. The van der Waals surface area contributed by atoms with Crippen molar-refractivity contribution in [2.45, 2.75) is 51.6 Å². The second-order valence-corrected chi connectivity index (χ2v) is 6.60. The molecule has 6 nitrogen and oxygen atoms in total. The molecule has 0 aliphatic heterocycles. The van der Waals surface area contributed by atoms with Gasteiger partial charge < -0.3 is 15.4 Å². The highest BCUT2D eigenvalue weighted by Crippen LogP contribution is 2.23. The van der Waals surface area contributed by atoms with E-state index >= 15 is 0 Å². The number of carbonyl (C=O) groups is 3. The van der Waals surface area contributed by atoms with Gasteiger partial charge in [0.1, 0.15) is 6.04 Å². The second-order valence-electron chi connectivity index (χ2n) is 6.60. The second kappa shape index (κ2) is 9.20. The molecule has 25 heavy (non-hydrogen) atoms. The molecule has 136 valence electrons. The van der Waals surface area contributed by atoms with Crippen LogP contribution < -0.4 is 10.6 Å². The summed E-state index contributed by atoms with van der Waals surface area (Å²) in [6.07, 6.45) is 4.37. The van der Waals surface area contributed by atoms with Crippen molar-refractivity contribution in [3.05, 3.63) is 35.9 Å². The van der Waals surface area contributed by atoms with Gasteiger partial charge in [-0.2, -0.15) is 0 Å². The Morgan fingerprint density at radius 1 is 1.16 bits per heavy atom. The minimum Gasteiger partial charge on any atom is -0.454 e. The summed E-state index contributed by atoms with van der Waals surface area (Å²) in [5.41, 5.74) is 0.464. The van der Waals surface area contributed by atoms with Crippen LogP contribution in [-0.4, -0.2) is 36.5 Å². The van der Waals surface area contributed by atoms with Crippen molar-refractivity contribution in [3.8, 4) is 0 Å². The first-order valence-electron chi connectivity index (χ1n) is 8.79. The van der Waals surface area contributed by atoms with Crippen molar-refractivity contribution in [1.82, 2.24) is 10.6 Å². The number of amides is 2. The van der Waals surface area contributed by atoms with Crippen LogP contribution in [0, 0.1) is 5.92 Å². The summed E-state index contributed by atoms with van der Waals surface area (Å²) in [4.78, 5) is 35.9. The van der Waals surface area contributed by atoms with Crippen LogP contribution in [0.1, 0.15) is 49.9 Å². The largest absolute Gasteiger partial charge is 0.454 e. The SMILES string of the molecule is C[C@H](NC(=O)c1ccccc1)C(=O)OCC(=O)N[C@@H]1CCCC[C@@H]1C. The first kappa shape index (κ1) is 19.0. The van der Waals surface area contributed by atoms with Crippen LogP contribution in [0.2, 0.25) is 0 Å². The number of hydrogen-bond acceptors (Lipinski definition) is 4. The molecular formula is C19H26N2O4. The molecule has 1 aromatic rings. The maximum atomic E-state index is 12.0. The topological polar surface area (TPSA) is 84.5 Å². The van der Waals surface area contributed by atoms with E-state index in [-0.39, 0.29) is 24.5 Å². The van der Waals surface area contributed by atoms with E-state index in [1.807, 2.05) is 0 Å². The molecule has 1 saturated carbocycles. The molecule has 1 aliphatic rings. The molecule has 6 heteroatoms. The molecule has 2 N–H and O–H groups in total. The molecule has 2 amide bonds. The number of ether oxygens (including phenoxy) is 1. The highest BCUT2D eigenvalue weighted by molar-refractivity contribution is 5.96. The third-order valence-corrected chi connectivity index (χ3v) is 4.54. The van der Waals surface area contributed by atoms with Crippen molar-refractivity contribution in [1.29, 1.82) is 0 Å². The van der Waals surface area contributed by atoms with E-state index in [4.69, 9.17) is 4.74 Å². The predicted molar refractivity (Wildman–Crippen MR) is 93.9 cm³/mol. The zero-order valence-corrected chi connectivity index (χ0v) is 14.8. The predicted octanol–water partition coefficient (Wildman–Crippen LogP) is 2.04. The maximum Gasteiger partial charge on any atom is 0.328 e. The molecule has 0 spiro atoms. The van der Waals surface area contributed by atoms with Crippen molar-refractivity contribution in [3.63, 3.8) is 0 Å². The lowest BCUT2D eigenvalue weighted by molar-refractivity contribution is -0.150. The number of carbonyl (C=O) groups excluding carboxylic acids is 3. The summed E-state index contributed by atoms with van der Waals surface area (Å²) in [6, 6.07) is 7.94. The van der Waals surface area contributed by atoms with Gasteiger partial charge in [-0.3, -0.25) is 9.59 Å². The maximum absolute atomic E-state index is 12.0. The van der Waals surface area contributed by atoms with Gasteiger partial charge in [0.2, 0.25) is 0 Å². The Labute approximate surface area is 148 Å². The molecule has 1 fully saturated rings. The zero-order chi connectivity index (χ0) is 18.2. The third kappa shape index (κ3) is 5.89. The van der Waals surface area contributed by atoms with Crippen molar-refractivity contribution in [2.75, 3.05) is 6.61 Å². The number of hydrogen-bond donors (Lipinski definition) is 2. The molecule has 2 rings (SSSR count). The number of benzene rings is 1. The summed E-state index contributed by atoms with van der Waals surface area (Å²) in [5.74, 6) is -0.840. The Kier molecular flexibility index (Phi) is 6.98. The standard InChI is InChI=1S/C19H26N2O4/c1-13-8-6-7-11-16(13)21-17(22)12-25-19(24)14(2)20-18(23)15-9-4-3-5-10-15/h3-5,9-10,13-14,16H,6-8,11-12H2,1-2H3,(H,20,23)(H,21,22)/t13-,14-,16+/m0/s1. The molecule has 1 aromatic carbocycles. The first-order valence-corrected chi connectivity index (χ1v) is 8.79. The van der Waals surface area contributed by atoms with Gasteiger partial charge in [0.25, 0.3) is 11.8 Å². The lowest BCUT2D eigenvalue weighted by Crippen LogP contribution is -2.44. The Morgan fingerprint density at radius 3 is 2.52 bits per heavy atom. The minimum atomic E-state index is -0.825. The lowest BCUT2D eigenvalue weighted by atomic mass is 9.86. The van der Waals surface area contributed by atoms with E-state index < -0.39 is 12.0 Å². The normalized spacial score (nSPS) is 21.0. The number of rotatable bonds is 6. The van der Waals surface area contributed by atoms with Gasteiger partial charge in [0, 0.05) is 11.6 Å². The zero-order valence-electron chi connectivity index (χ0n) is 14.8.